The first-order chi connectivity index (χ1) is 12.6. The lowest BCUT2D eigenvalue weighted by Crippen LogP contribution is -2.35. The van der Waals surface area contributed by atoms with Gasteiger partial charge >= 0.3 is 0 Å². The summed E-state index contributed by atoms with van der Waals surface area (Å²) in [5.41, 5.74) is 1.65. The second-order valence-corrected chi connectivity index (χ2v) is 6.31. The normalized spacial score (nSPS) is 16.3. The molecule has 0 bridgehead atoms. The molecule has 0 radical (unpaired) electrons. The van der Waals surface area contributed by atoms with Crippen LogP contribution in [0.15, 0.2) is 48.5 Å². The van der Waals surface area contributed by atoms with Crippen LogP contribution in [0.2, 0.25) is 0 Å². The van der Waals surface area contributed by atoms with Crippen LogP contribution in [-0.4, -0.2) is 34.8 Å². The first-order valence-corrected chi connectivity index (χ1v) is 8.81. The van der Waals surface area contributed by atoms with Gasteiger partial charge in [0, 0.05) is 13.5 Å². The number of hydrogen-bond acceptors (Lipinski definition) is 4. The molecule has 3 rings (SSSR count). The highest BCUT2D eigenvalue weighted by atomic mass is 16.5. The number of para-hydroxylation sites is 1. The smallest absolute Gasteiger partial charge is 0.261 e. The molecule has 6 heteroatoms. The molecule has 2 aromatic rings. The fourth-order valence-electron chi connectivity index (χ4n) is 3.11. The van der Waals surface area contributed by atoms with Crippen molar-refractivity contribution in [2.45, 2.75) is 32.4 Å². The number of benzene rings is 1. The van der Waals surface area contributed by atoms with Crippen molar-refractivity contribution < 1.29 is 14.3 Å². The Bertz CT molecular complexity index is 764. The summed E-state index contributed by atoms with van der Waals surface area (Å²) in [5.74, 6) is 0.561. The van der Waals surface area contributed by atoms with Crippen molar-refractivity contribution in [1.29, 1.82) is 0 Å². The Morgan fingerprint density at radius 3 is 2.77 bits per heavy atom. The van der Waals surface area contributed by atoms with E-state index in [1.165, 1.54) is 6.92 Å². The van der Waals surface area contributed by atoms with E-state index in [-0.39, 0.29) is 24.5 Å². The maximum atomic E-state index is 12.6. The van der Waals surface area contributed by atoms with E-state index in [0.717, 1.165) is 24.2 Å². The van der Waals surface area contributed by atoms with Crippen molar-refractivity contribution in [2.24, 2.45) is 0 Å². The van der Waals surface area contributed by atoms with Gasteiger partial charge in [0.2, 0.25) is 5.91 Å². The van der Waals surface area contributed by atoms with Crippen molar-refractivity contribution in [2.75, 3.05) is 13.2 Å². The Balaban J connectivity index is 1.64. The van der Waals surface area contributed by atoms with Crippen LogP contribution in [0.5, 0.6) is 5.75 Å². The van der Waals surface area contributed by atoms with Crippen LogP contribution in [0, 0.1) is 0 Å². The van der Waals surface area contributed by atoms with Gasteiger partial charge < -0.3 is 15.0 Å². The molecule has 136 valence electrons. The number of aromatic nitrogens is 1. The van der Waals surface area contributed by atoms with Crippen LogP contribution >= 0.6 is 0 Å². The molecular weight excluding hydrogens is 330 g/mol. The van der Waals surface area contributed by atoms with Gasteiger partial charge in [0.15, 0.2) is 6.61 Å². The lowest BCUT2D eigenvalue weighted by molar-refractivity contribution is -0.134. The van der Waals surface area contributed by atoms with Crippen LogP contribution in [0.4, 0.5) is 0 Å². The summed E-state index contributed by atoms with van der Waals surface area (Å²) in [4.78, 5) is 30.2. The molecule has 26 heavy (non-hydrogen) atoms. The van der Waals surface area contributed by atoms with Crippen molar-refractivity contribution in [3.05, 3.63) is 59.9 Å². The van der Waals surface area contributed by atoms with Crippen LogP contribution in [0.25, 0.3) is 0 Å². The molecule has 1 saturated heterocycles. The molecule has 1 aliphatic rings. The summed E-state index contributed by atoms with van der Waals surface area (Å²) in [6, 6.07) is 15.0. The number of ether oxygens (including phenoxy) is 1. The average molecular weight is 353 g/mol. The number of hydrogen-bond donors (Lipinski definition) is 1. The average Bonchev–Trinajstić information content (AvgIpc) is 3.15. The van der Waals surface area contributed by atoms with Crippen molar-refractivity contribution in [1.82, 2.24) is 15.2 Å². The SMILES string of the molecule is CC(=O)NCc1cccc(C2CCCN2C(=O)COc2ccccc2)n1. The van der Waals surface area contributed by atoms with Crippen LogP contribution in [-0.2, 0) is 16.1 Å². The second kappa shape index (κ2) is 8.47. The van der Waals surface area contributed by atoms with Gasteiger partial charge in [-0.15, -0.1) is 0 Å². The third-order valence-corrected chi connectivity index (χ3v) is 4.37. The van der Waals surface area contributed by atoms with E-state index in [9.17, 15) is 9.59 Å². The van der Waals surface area contributed by atoms with Crippen molar-refractivity contribution >= 4 is 11.8 Å². The molecule has 2 heterocycles. The molecule has 1 aromatic carbocycles. The van der Waals surface area contributed by atoms with Gasteiger partial charge in [0.25, 0.3) is 5.91 Å². The third kappa shape index (κ3) is 4.59. The lowest BCUT2D eigenvalue weighted by Gasteiger charge is -2.24. The van der Waals surface area contributed by atoms with Gasteiger partial charge in [-0.25, -0.2) is 0 Å². The first-order valence-electron chi connectivity index (χ1n) is 8.81. The fourth-order valence-corrected chi connectivity index (χ4v) is 3.11. The summed E-state index contributed by atoms with van der Waals surface area (Å²) in [6.45, 7) is 2.60. The third-order valence-electron chi connectivity index (χ3n) is 4.37. The van der Waals surface area contributed by atoms with Gasteiger partial charge in [0.05, 0.1) is 24.0 Å². The zero-order valence-corrected chi connectivity index (χ0v) is 14.9. The first kappa shape index (κ1) is 17.9. The number of nitrogens with zero attached hydrogens (tertiary/aromatic N) is 2. The molecular formula is C20H23N3O3. The quantitative estimate of drug-likeness (QED) is 0.866. The van der Waals surface area contributed by atoms with E-state index in [1.54, 1.807) is 0 Å². The number of amides is 2. The number of nitrogens with one attached hydrogen (secondary N) is 1. The Labute approximate surface area is 153 Å². The molecule has 1 aliphatic heterocycles. The number of carbonyl (C=O) groups is 2. The largest absolute Gasteiger partial charge is 0.484 e. The zero-order chi connectivity index (χ0) is 18.4. The minimum absolute atomic E-state index is 0.0199. The highest BCUT2D eigenvalue weighted by Gasteiger charge is 2.31. The predicted octanol–water partition coefficient (Wildman–Crippen LogP) is 2.46. The molecule has 1 atom stereocenters. The Kier molecular flexibility index (Phi) is 5.84. The number of pyridine rings is 1. The van der Waals surface area contributed by atoms with E-state index in [2.05, 4.69) is 10.3 Å². The molecule has 1 N–H and O–H groups in total. The summed E-state index contributed by atoms with van der Waals surface area (Å²) in [5, 5.41) is 2.75. The minimum atomic E-state index is -0.0899. The second-order valence-electron chi connectivity index (χ2n) is 6.31. The molecule has 0 spiro atoms. The summed E-state index contributed by atoms with van der Waals surface area (Å²) in [6.07, 6.45) is 1.83. The lowest BCUT2D eigenvalue weighted by atomic mass is 10.1. The summed E-state index contributed by atoms with van der Waals surface area (Å²) in [7, 11) is 0. The fraction of sp³-hybridized carbons (Fsp3) is 0.350. The maximum absolute atomic E-state index is 12.6. The topological polar surface area (TPSA) is 71.5 Å². The van der Waals surface area contributed by atoms with Crippen LogP contribution < -0.4 is 10.1 Å². The van der Waals surface area contributed by atoms with E-state index in [4.69, 9.17) is 4.74 Å². The number of carbonyl (C=O) groups excluding carboxylic acids is 2. The Hall–Kier alpha value is -2.89. The molecule has 2 amide bonds. The summed E-state index contributed by atoms with van der Waals surface area (Å²) < 4.78 is 5.59. The minimum Gasteiger partial charge on any atom is -0.484 e. The highest BCUT2D eigenvalue weighted by molar-refractivity contribution is 5.78. The van der Waals surface area contributed by atoms with Gasteiger partial charge in [-0.3, -0.25) is 14.6 Å². The van der Waals surface area contributed by atoms with Gasteiger partial charge in [-0.1, -0.05) is 24.3 Å². The van der Waals surface area contributed by atoms with Gasteiger partial charge in [-0.2, -0.15) is 0 Å². The monoisotopic (exact) mass is 353 g/mol. The van der Waals surface area contributed by atoms with E-state index < -0.39 is 0 Å². The van der Waals surface area contributed by atoms with E-state index in [1.807, 2.05) is 53.4 Å². The Morgan fingerprint density at radius 1 is 1.19 bits per heavy atom. The molecule has 1 aromatic heterocycles. The number of rotatable bonds is 6. The molecule has 1 fully saturated rings. The van der Waals surface area contributed by atoms with E-state index >= 15 is 0 Å². The summed E-state index contributed by atoms with van der Waals surface area (Å²) >= 11 is 0. The predicted molar refractivity (Wildman–Crippen MR) is 97.4 cm³/mol. The maximum Gasteiger partial charge on any atom is 0.261 e. The number of likely N-dealkylation sites (tertiary alicyclic amines) is 1. The van der Waals surface area contributed by atoms with E-state index in [0.29, 0.717) is 18.8 Å². The van der Waals surface area contributed by atoms with Crippen LogP contribution in [0.3, 0.4) is 0 Å². The van der Waals surface area contributed by atoms with Crippen LogP contribution in [0.1, 0.15) is 37.2 Å². The molecule has 6 nitrogen and oxygen atoms in total. The van der Waals surface area contributed by atoms with Crippen molar-refractivity contribution in [3.63, 3.8) is 0 Å². The zero-order valence-electron chi connectivity index (χ0n) is 14.9. The van der Waals surface area contributed by atoms with Gasteiger partial charge in [-0.05, 0) is 37.1 Å². The molecule has 0 aliphatic carbocycles. The molecule has 0 saturated carbocycles. The highest BCUT2D eigenvalue weighted by Crippen LogP contribution is 2.31. The van der Waals surface area contributed by atoms with Gasteiger partial charge in [0.1, 0.15) is 5.75 Å². The standard InChI is InChI=1S/C20H23N3O3/c1-15(24)21-13-16-7-5-10-18(22-16)19-11-6-12-23(19)20(25)14-26-17-8-3-2-4-9-17/h2-5,7-10,19H,6,11-14H2,1H3,(H,21,24). The molecule has 1 unspecified atom stereocenters. The Morgan fingerprint density at radius 2 is 2.00 bits per heavy atom. The van der Waals surface area contributed by atoms with Crippen molar-refractivity contribution in [3.8, 4) is 5.75 Å².